The lowest BCUT2D eigenvalue weighted by atomic mass is 10.1. The van der Waals surface area contributed by atoms with Gasteiger partial charge in [-0.2, -0.15) is 13.2 Å². The van der Waals surface area contributed by atoms with E-state index in [-0.39, 0.29) is 42.7 Å². The number of aryl methyl sites for hydroxylation is 1. The van der Waals surface area contributed by atoms with Crippen LogP contribution in [0.15, 0.2) is 42.5 Å². The van der Waals surface area contributed by atoms with Crippen molar-refractivity contribution < 1.29 is 27.5 Å². The molecular formula is C22H21F3N4O3. The first-order chi connectivity index (χ1) is 15.2. The Morgan fingerprint density at radius 2 is 1.88 bits per heavy atom. The van der Waals surface area contributed by atoms with E-state index in [4.69, 9.17) is 4.74 Å². The molecule has 0 spiro atoms. The van der Waals surface area contributed by atoms with Crippen molar-refractivity contribution >= 4 is 28.5 Å². The third kappa shape index (κ3) is 5.71. The first kappa shape index (κ1) is 23.0. The number of amides is 2. The maximum absolute atomic E-state index is 13.2. The number of anilines is 1. The number of benzene rings is 1. The number of para-hydroxylation sites is 1. The monoisotopic (exact) mass is 446 g/mol. The molecule has 0 fully saturated rings. The lowest BCUT2D eigenvalue weighted by Crippen LogP contribution is -2.28. The van der Waals surface area contributed by atoms with Crippen LogP contribution in [0.2, 0.25) is 0 Å². The van der Waals surface area contributed by atoms with Crippen LogP contribution >= 0.6 is 0 Å². The summed E-state index contributed by atoms with van der Waals surface area (Å²) in [4.78, 5) is 32.1. The Labute approximate surface area is 182 Å². The zero-order valence-corrected chi connectivity index (χ0v) is 17.4. The predicted molar refractivity (Wildman–Crippen MR) is 112 cm³/mol. The van der Waals surface area contributed by atoms with Crippen LogP contribution in [0.25, 0.3) is 10.9 Å². The molecule has 2 amide bonds. The van der Waals surface area contributed by atoms with Gasteiger partial charge in [0.05, 0.1) is 17.6 Å². The summed E-state index contributed by atoms with van der Waals surface area (Å²) in [6, 6.07) is 9.82. The summed E-state index contributed by atoms with van der Waals surface area (Å²) in [6.45, 7) is 3.49. The number of nitrogens with one attached hydrogen (secondary N) is 2. The van der Waals surface area contributed by atoms with Gasteiger partial charge in [-0.25, -0.2) is 9.97 Å². The molecule has 0 aliphatic rings. The molecule has 0 saturated carbocycles. The predicted octanol–water partition coefficient (Wildman–Crippen LogP) is 4.11. The van der Waals surface area contributed by atoms with Gasteiger partial charge in [0.2, 0.25) is 11.8 Å². The topological polar surface area (TPSA) is 93.2 Å². The van der Waals surface area contributed by atoms with Crippen molar-refractivity contribution in [2.75, 3.05) is 18.5 Å². The van der Waals surface area contributed by atoms with Crippen molar-refractivity contribution in [1.82, 2.24) is 15.3 Å². The van der Waals surface area contributed by atoms with Crippen molar-refractivity contribution in [3.63, 3.8) is 0 Å². The van der Waals surface area contributed by atoms with E-state index in [1.54, 1.807) is 19.9 Å². The second-order valence-corrected chi connectivity index (χ2v) is 6.91. The quantitative estimate of drug-likeness (QED) is 0.533. The van der Waals surface area contributed by atoms with E-state index in [2.05, 4.69) is 20.6 Å². The Morgan fingerprint density at radius 3 is 2.59 bits per heavy atom. The van der Waals surface area contributed by atoms with Crippen LogP contribution in [0.5, 0.6) is 5.88 Å². The Bertz CT molecular complexity index is 1150. The van der Waals surface area contributed by atoms with Crippen molar-refractivity contribution in [2.24, 2.45) is 0 Å². The first-order valence-corrected chi connectivity index (χ1v) is 9.84. The minimum Gasteiger partial charge on any atom is -0.476 e. The second kappa shape index (κ2) is 9.63. The fourth-order valence-electron chi connectivity index (χ4n) is 2.96. The van der Waals surface area contributed by atoms with Gasteiger partial charge in [0, 0.05) is 29.1 Å². The van der Waals surface area contributed by atoms with E-state index in [0.29, 0.717) is 16.6 Å². The number of aromatic nitrogens is 2. The number of pyridine rings is 2. The molecular weight excluding hydrogens is 425 g/mol. The number of nitrogens with zero attached hydrogens (tertiary/aromatic N) is 2. The number of fused-ring (bicyclic) bond motifs is 1. The van der Waals surface area contributed by atoms with Gasteiger partial charge >= 0.3 is 6.18 Å². The highest BCUT2D eigenvalue weighted by atomic mass is 19.4. The number of hydrogen-bond donors (Lipinski definition) is 2. The van der Waals surface area contributed by atoms with Gasteiger partial charge in [-0.05, 0) is 31.2 Å². The summed E-state index contributed by atoms with van der Waals surface area (Å²) in [6.07, 6.45) is -4.25. The van der Waals surface area contributed by atoms with Gasteiger partial charge in [0.1, 0.15) is 12.4 Å². The standard InChI is InChI=1S/C22H21F3N4O3/c1-3-18(30)28-17-12-15(11-13(2)27-17)21(31)26-9-10-32-19-8-7-14-5-4-6-16(20(14)29-19)22(23,24)25/h4-8,11-12H,3,9-10H2,1-2H3,(H,26,31)(H,27,28,30). The first-order valence-electron chi connectivity index (χ1n) is 9.84. The molecule has 0 saturated heterocycles. The normalized spacial score (nSPS) is 11.3. The van der Waals surface area contributed by atoms with Gasteiger partial charge in [0.15, 0.2) is 0 Å². The van der Waals surface area contributed by atoms with Gasteiger partial charge in [0.25, 0.3) is 5.91 Å². The van der Waals surface area contributed by atoms with Crippen LogP contribution in [0, 0.1) is 6.92 Å². The van der Waals surface area contributed by atoms with E-state index in [1.807, 2.05) is 0 Å². The van der Waals surface area contributed by atoms with Crippen LogP contribution in [0.4, 0.5) is 19.0 Å². The minimum absolute atomic E-state index is 0.00191. The van der Waals surface area contributed by atoms with E-state index < -0.39 is 17.6 Å². The van der Waals surface area contributed by atoms with E-state index in [1.165, 1.54) is 30.3 Å². The van der Waals surface area contributed by atoms with Crippen molar-refractivity contribution in [1.29, 1.82) is 0 Å². The smallest absolute Gasteiger partial charge is 0.418 e. The Hall–Kier alpha value is -3.69. The molecule has 0 aliphatic carbocycles. The molecule has 32 heavy (non-hydrogen) atoms. The lowest BCUT2D eigenvalue weighted by molar-refractivity contribution is -0.136. The minimum atomic E-state index is -4.53. The zero-order valence-electron chi connectivity index (χ0n) is 17.4. The molecule has 3 rings (SSSR count). The van der Waals surface area contributed by atoms with Crippen LogP contribution in [-0.2, 0) is 11.0 Å². The third-order valence-corrected chi connectivity index (χ3v) is 4.44. The molecule has 2 heterocycles. The summed E-state index contributed by atoms with van der Waals surface area (Å²) in [5, 5.41) is 5.60. The number of alkyl halides is 3. The Kier molecular flexibility index (Phi) is 6.92. The summed E-state index contributed by atoms with van der Waals surface area (Å²) in [5.74, 6) is -0.330. The van der Waals surface area contributed by atoms with E-state index in [9.17, 15) is 22.8 Å². The molecule has 0 atom stereocenters. The highest BCUT2D eigenvalue weighted by Crippen LogP contribution is 2.34. The molecule has 0 bridgehead atoms. The molecule has 2 aromatic heterocycles. The Balaban J connectivity index is 1.61. The molecule has 2 N–H and O–H groups in total. The second-order valence-electron chi connectivity index (χ2n) is 6.91. The molecule has 10 heteroatoms. The molecule has 0 aliphatic heterocycles. The van der Waals surface area contributed by atoms with Gasteiger partial charge in [-0.1, -0.05) is 19.1 Å². The van der Waals surface area contributed by atoms with Crippen molar-refractivity contribution in [2.45, 2.75) is 26.4 Å². The molecule has 0 unspecified atom stereocenters. The molecule has 3 aromatic rings. The number of carbonyl (C=O) groups is 2. The lowest BCUT2D eigenvalue weighted by Gasteiger charge is -2.12. The molecule has 168 valence electrons. The van der Waals surface area contributed by atoms with Crippen LogP contribution in [-0.4, -0.2) is 34.9 Å². The average Bonchev–Trinajstić information content (AvgIpc) is 2.74. The number of ether oxygens (including phenoxy) is 1. The fourth-order valence-corrected chi connectivity index (χ4v) is 2.96. The third-order valence-electron chi connectivity index (χ3n) is 4.44. The van der Waals surface area contributed by atoms with Crippen molar-refractivity contribution in [3.8, 4) is 5.88 Å². The number of halogens is 3. The fraction of sp³-hybridized carbons (Fsp3) is 0.273. The molecule has 0 radical (unpaired) electrons. The van der Waals surface area contributed by atoms with E-state index >= 15 is 0 Å². The van der Waals surface area contributed by atoms with Gasteiger partial charge in [-0.3, -0.25) is 9.59 Å². The highest BCUT2D eigenvalue weighted by Gasteiger charge is 2.33. The maximum Gasteiger partial charge on any atom is 0.418 e. The van der Waals surface area contributed by atoms with Crippen LogP contribution < -0.4 is 15.4 Å². The van der Waals surface area contributed by atoms with E-state index in [0.717, 1.165) is 6.07 Å². The summed E-state index contributed by atoms with van der Waals surface area (Å²) < 4.78 is 45.0. The average molecular weight is 446 g/mol. The molecule has 7 nitrogen and oxygen atoms in total. The number of carbonyl (C=O) groups excluding carboxylic acids is 2. The summed E-state index contributed by atoms with van der Waals surface area (Å²) >= 11 is 0. The summed E-state index contributed by atoms with van der Waals surface area (Å²) in [7, 11) is 0. The van der Waals surface area contributed by atoms with Crippen molar-refractivity contribution in [3.05, 3.63) is 59.3 Å². The number of hydrogen-bond acceptors (Lipinski definition) is 5. The highest BCUT2D eigenvalue weighted by molar-refractivity contribution is 5.96. The summed E-state index contributed by atoms with van der Waals surface area (Å²) in [5.41, 5.74) is -0.174. The number of rotatable bonds is 7. The van der Waals surface area contributed by atoms with Gasteiger partial charge in [-0.15, -0.1) is 0 Å². The van der Waals surface area contributed by atoms with Crippen LogP contribution in [0.1, 0.15) is 35.0 Å². The largest absolute Gasteiger partial charge is 0.476 e. The Morgan fingerprint density at radius 1 is 1.09 bits per heavy atom. The maximum atomic E-state index is 13.2. The molecule has 1 aromatic carbocycles. The zero-order chi connectivity index (χ0) is 23.3. The van der Waals surface area contributed by atoms with Crippen LogP contribution in [0.3, 0.4) is 0 Å². The SMILES string of the molecule is CCC(=O)Nc1cc(C(=O)NCCOc2ccc3cccc(C(F)(F)F)c3n2)cc(C)n1. The van der Waals surface area contributed by atoms with Gasteiger partial charge < -0.3 is 15.4 Å².